The summed E-state index contributed by atoms with van der Waals surface area (Å²) in [6.07, 6.45) is 5.14. The third kappa shape index (κ3) is 4.98. The van der Waals surface area contributed by atoms with Crippen molar-refractivity contribution in [3.63, 3.8) is 0 Å². The van der Waals surface area contributed by atoms with Gasteiger partial charge in [-0.15, -0.1) is 11.3 Å². The van der Waals surface area contributed by atoms with Crippen LogP contribution in [0.4, 0.5) is 5.00 Å². The molecule has 1 unspecified atom stereocenters. The van der Waals surface area contributed by atoms with E-state index in [0.717, 1.165) is 79.3 Å². The molecule has 5 rings (SSSR count). The highest BCUT2D eigenvalue weighted by Gasteiger charge is 2.30. The number of nitrogens with one attached hydrogen (secondary N) is 1. The largest absolute Gasteiger partial charge is 0.449 e. The summed E-state index contributed by atoms with van der Waals surface area (Å²) >= 11 is 1.47. The minimum atomic E-state index is -0.962. The molecule has 2 aromatic heterocycles. The fourth-order valence-corrected chi connectivity index (χ4v) is 6.70. The predicted octanol–water partition coefficient (Wildman–Crippen LogP) is 5.39. The van der Waals surface area contributed by atoms with Gasteiger partial charge in [-0.1, -0.05) is 32.0 Å². The Morgan fingerprint density at radius 1 is 1.19 bits per heavy atom. The lowest BCUT2D eigenvalue weighted by atomic mass is 9.95. The van der Waals surface area contributed by atoms with Crippen molar-refractivity contribution >= 4 is 39.1 Å². The molecule has 0 saturated carbocycles. The molecule has 1 atom stereocenters. The number of fused-ring (bicyclic) bond motifs is 3. The van der Waals surface area contributed by atoms with Crippen LogP contribution >= 0.6 is 11.3 Å². The van der Waals surface area contributed by atoms with Crippen LogP contribution in [0.25, 0.3) is 10.9 Å². The zero-order valence-electron chi connectivity index (χ0n) is 21.4. The second-order valence-electron chi connectivity index (χ2n) is 9.77. The fourth-order valence-electron chi connectivity index (χ4n) is 5.46. The maximum atomic E-state index is 13.7. The predicted molar refractivity (Wildman–Crippen MR) is 145 cm³/mol. The minimum absolute atomic E-state index is 0.331. The molecule has 3 heterocycles. The lowest BCUT2D eigenvalue weighted by Gasteiger charge is -2.30. The lowest BCUT2D eigenvalue weighted by molar-refractivity contribution is -0.124. The Labute approximate surface area is 221 Å². The number of nitriles is 1. The van der Waals surface area contributed by atoms with Crippen molar-refractivity contribution in [2.24, 2.45) is 0 Å². The van der Waals surface area contributed by atoms with Gasteiger partial charge in [0.2, 0.25) is 0 Å². The number of aromatic nitrogens is 1. The number of pyridine rings is 1. The van der Waals surface area contributed by atoms with Gasteiger partial charge in [-0.25, -0.2) is 4.79 Å². The second kappa shape index (κ2) is 11.0. The van der Waals surface area contributed by atoms with Gasteiger partial charge in [0.15, 0.2) is 6.10 Å². The number of hydrogen-bond acceptors (Lipinski definition) is 7. The average molecular weight is 517 g/mol. The zero-order chi connectivity index (χ0) is 25.9. The molecular weight excluding hydrogens is 484 g/mol. The average Bonchev–Trinajstić information content (AvgIpc) is 3.27. The van der Waals surface area contributed by atoms with Gasteiger partial charge in [0.05, 0.1) is 16.6 Å². The van der Waals surface area contributed by atoms with Crippen molar-refractivity contribution in [3.05, 3.63) is 57.1 Å². The van der Waals surface area contributed by atoms with E-state index in [1.165, 1.54) is 16.2 Å². The minimum Gasteiger partial charge on any atom is -0.449 e. The molecule has 1 aromatic carbocycles. The van der Waals surface area contributed by atoms with Crippen LogP contribution in [0.1, 0.15) is 77.2 Å². The Hall–Kier alpha value is -3.28. The first-order valence-electron chi connectivity index (χ1n) is 13.2. The van der Waals surface area contributed by atoms with Crippen molar-refractivity contribution in [3.8, 4) is 6.07 Å². The summed E-state index contributed by atoms with van der Waals surface area (Å²) in [5.74, 6) is -0.896. The van der Waals surface area contributed by atoms with Crippen LogP contribution < -0.4 is 5.32 Å². The Bertz CT molecular complexity index is 1390. The molecule has 0 bridgehead atoms. The smallest absolute Gasteiger partial charge is 0.340 e. The quantitative estimate of drug-likeness (QED) is 0.423. The van der Waals surface area contributed by atoms with Crippen LogP contribution in [0.2, 0.25) is 0 Å². The van der Waals surface area contributed by atoms with Gasteiger partial charge < -0.3 is 10.1 Å². The van der Waals surface area contributed by atoms with Crippen LogP contribution in [0.3, 0.4) is 0 Å². The van der Waals surface area contributed by atoms with E-state index in [0.29, 0.717) is 29.1 Å². The first-order valence-corrected chi connectivity index (χ1v) is 14.0. The molecule has 1 amide bonds. The van der Waals surface area contributed by atoms with Gasteiger partial charge in [0.25, 0.3) is 5.91 Å². The van der Waals surface area contributed by atoms with E-state index in [4.69, 9.17) is 9.72 Å². The number of carbonyl (C=O) groups is 2. The van der Waals surface area contributed by atoms with Crippen LogP contribution in [-0.2, 0) is 35.3 Å². The number of esters is 1. The molecule has 1 aliphatic carbocycles. The van der Waals surface area contributed by atoms with E-state index in [2.05, 4.69) is 23.2 Å². The summed E-state index contributed by atoms with van der Waals surface area (Å²) in [6, 6.07) is 9.90. The molecule has 192 valence electrons. The van der Waals surface area contributed by atoms with Gasteiger partial charge in [0, 0.05) is 41.0 Å². The number of para-hydroxylation sites is 1. The van der Waals surface area contributed by atoms with E-state index >= 15 is 0 Å². The fraction of sp³-hybridized carbons (Fsp3) is 0.448. The topological polar surface area (TPSA) is 95.3 Å². The third-order valence-electron chi connectivity index (χ3n) is 7.30. The molecule has 0 saturated heterocycles. The standard InChI is InChI=1S/C29H32N4O3S/c1-3-14-33-15-13-23-21(17-33)26(19-10-5-7-11-22(19)31-23)29(35)36-24(4-2)27(34)32-28-20(16-30)18-9-6-8-12-25(18)37-28/h5,7,10-11,24H,3-4,6,8-9,12-15,17H2,1-2H3,(H,32,34). The molecule has 8 heteroatoms. The van der Waals surface area contributed by atoms with Gasteiger partial charge in [-0.2, -0.15) is 5.26 Å². The number of rotatable bonds is 7. The molecule has 2 aliphatic rings. The summed E-state index contributed by atoms with van der Waals surface area (Å²) in [7, 11) is 0. The molecule has 0 spiro atoms. The monoisotopic (exact) mass is 516 g/mol. The van der Waals surface area contributed by atoms with Crippen LogP contribution in [-0.4, -0.2) is 41.0 Å². The van der Waals surface area contributed by atoms with Crippen LogP contribution in [0, 0.1) is 11.3 Å². The first-order chi connectivity index (χ1) is 18.0. The van der Waals surface area contributed by atoms with E-state index < -0.39 is 18.0 Å². The van der Waals surface area contributed by atoms with Crippen molar-refractivity contribution in [1.29, 1.82) is 5.26 Å². The van der Waals surface area contributed by atoms with Gasteiger partial charge >= 0.3 is 5.97 Å². The number of benzene rings is 1. The maximum absolute atomic E-state index is 13.7. The third-order valence-corrected chi connectivity index (χ3v) is 8.51. The van der Waals surface area contributed by atoms with E-state index in [9.17, 15) is 14.9 Å². The zero-order valence-corrected chi connectivity index (χ0v) is 22.2. The summed E-state index contributed by atoms with van der Waals surface area (Å²) in [4.78, 5) is 35.3. The molecule has 3 aromatic rings. The first kappa shape index (κ1) is 25.4. The summed E-state index contributed by atoms with van der Waals surface area (Å²) in [5.41, 5.74) is 4.72. The SMILES string of the molecule is CCCN1CCc2nc3ccccc3c(C(=O)OC(CC)C(=O)Nc3sc4c(c3C#N)CCCC4)c2C1. The van der Waals surface area contributed by atoms with E-state index in [1.807, 2.05) is 31.2 Å². The Balaban J connectivity index is 1.42. The molecule has 7 nitrogen and oxygen atoms in total. The molecule has 0 fully saturated rings. The van der Waals surface area contributed by atoms with E-state index in [1.54, 1.807) is 0 Å². The molecule has 1 aliphatic heterocycles. The van der Waals surface area contributed by atoms with Gasteiger partial charge in [-0.05, 0) is 56.7 Å². The Morgan fingerprint density at radius 3 is 2.78 bits per heavy atom. The number of ether oxygens (including phenoxy) is 1. The van der Waals surface area contributed by atoms with Crippen molar-refractivity contribution in [1.82, 2.24) is 9.88 Å². The van der Waals surface area contributed by atoms with Gasteiger partial charge in [0.1, 0.15) is 11.1 Å². The molecular formula is C29H32N4O3S. The number of anilines is 1. The summed E-state index contributed by atoms with van der Waals surface area (Å²) in [5, 5.41) is 14.0. The summed E-state index contributed by atoms with van der Waals surface area (Å²) in [6.45, 7) is 6.47. The highest BCUT2D eigenvalue weighted by atomic mass is 32.1. The normalized spacial score (nSPS) is 15.9. The van der Waals surface area contributed by atoms with Crippen LogP contribution in [0.5, 0.6) is 0 Å². The van der Waals surface area contributed by atoms with Crippen molar-refractivity contribution < 1.29 is 14.3 Å². The molecule has 0 radical (unpaired) electrons. The number of thiophene rings is 1. The Kier molecular flexibility index (Phi) is 7.54. The summed E-state index contributed by atoms with van der Waals surface area (Å²) < 4.78 is 5.89. The number of nitrogens with zero attached hydrogens (tertiary/aromatic N) is 3. The van der Waals surface area contributed by atoms with Crippen molar-refractivity contribution in [2.75, 3.05) is 18.4 Å². The van der Waals surface area contributed by atoms with Crippen LogP contribution in [0.15, 0.2) is 24.3 Å². The Morgan fingerprint density at radius 2 is 2.00 bits per heavy atom. The van der Waals surface area contributed by atoms with E-state index in [-0.39, 0.29) is 0 Å². The second-order valence-corrected chi connectivity index (χ2v) is 10.9. The lowest BCUT2D eigenvalue weighted by Crippen LogP contribution is -2.35. The highest BCUT2D eigenvalue weighted by Crippen LogP contribution is 2.38. The number of amides is 1. The number of hydrogen-bond donors (Lipinski definition) is 1. The van der Waals surface area contributed by atoms with Gasteiger partial charge in [-0.3, -0.25) is 14.7 Å². The molecule has 1 N–H and O–H groups in total. The maximum Gasteiger partial charge on any atom is 0.340 e. The number of carbonyl (C=O) groups excluding carboxylic acids is 2. The molecule has 37 heavy (non-hydrogen) atoms. The number of aryl methyl sites for hydroxylation is 1. The highest BCUT2D eigenvalue weighted by molar-refractivity contribution is 7.16. The van der Waals surface area contributed by atoms with Crippen molar-refractivity contribution in [2.45, 2.75) is 71.4 Å².